The van der Waals surface area contributed by atoms with Crippen molar-refractivity contribution in [2.45, 2.75) is 13.5 Å². The first-order valence-corrected chi connectivity index (χ1v) is 6.01. The fourth-order valence-electron chi connectivity index (χ4n) is 1.50. The van der Waals surface area contributed by atoms with Gasteiger partial charge in [0.15, 0.2) is 5.76 Å². The molecule has 3 heterocycles. The summed E-state index contributed by atoms with van der Waals surface area (Å²) in [6.45, 7) is 2.23. The molecule has 3 aromatic rings. The molecule has 0 spiro atoms. The molecule has 0 atom stereocenters. The van der Waals surface area contributed by atoms with Gasteiger partial charge in [-0.1, -0.05) is 5.16 Å². The van der Waals surface area contributed by atoms with Crippen molar-refractivity contribution in [2.75, 3.05) is 5.32 Å². The van der Waals surface area contributed by atoms with Crippen molar-refractivity contribution < 1.29 is 4.52 Å². The van der Waals surface area contributed by atoms with Crippen LogP contribution in [0, 0.1) is 6.92 Å². The molecule has 0 bridgehead atoms. The fraction of sp³-hybridized carbons (Fsp3) is 0.200. The van der Waals surface area contributed by atoms with Gasteiger partial charge < -0.3 is 9.84 Å². The maximum atomic E-state index is 5.85. The van der Waals surface area contributed by atoms with Crippen LogP contribution in [-0.4, -0.2) is 34.9 Å². The zero-order valence-corrected chi connectivity index (χ0v) is 11.1. The van der Waals surface area contributed by atoms with Gasteiger partial charge in [-0.3, -0.25) is 0 Å². The van der Waals surface area contributed by atoms with Gasteiger partial charge in [-0.25, -0.2) is 4.98 Å². The van der Waals surface area contributed by atoms with E-state index in [1.54, 1.807) is 0 Å². The van der Waals surface area contributed by atoms with E-state index in [9.17, 15) is 0 Å². The van der Waals surface area contributed by atoms with Crippen molar-refractivity contribution >= 4 is 17.5 Å². The molecule has 0 aromatic carbocycles. The fourth-order valence-corrected chi connectivity index (χ4v) is 1.65. The molecule has 0 fully saturated rings. The zero-order chi connectivity index (χ0) is 13.9. The van der Waals surface area contributed by atoms with Crippen LogP contribution in [0.3, 0.4) is 0 Å². The summed E-state index contributed by atoms with van der Waals surface area (Å²) in [4.78, 5) is 15.9. The number of anilines is 1. The third-order valence-electron chi connectivity index (χ3n) is 2.32. The van der Waals surface area contributed by atoms with Crippen LogP contribution in [0.1, 0.15) is 11.5 Å². The first-order valence-electron chi connectivity index (χ1n) is 5.63. The summed E-state index contributed by atoms with van der Waals surface area (Å²) in [5.74, 6) is 1.25. The first-order chi connectivity index (χ1) is 9.70. The monoisotopic (exact) mass is 292 g/mol. The Balaban J connectivity index is 1.79. The number of nitrogens with zero attached hydrogens (tertiary/aromatic N) is 7. The Morgan fingerprint density at radius 1 is 1.35 bits per heavy atom. The second-order valence-electron chi connectivity index (χ2n) is 3.86. The van der Waals surface area contributed by atoms with Crippen molar-refractivity contribution in [2.24, 2.45) is 0 Å². The molecular formula is C10H9ClN8O. The Labute approximate surface area is 118 Å². The van der Waals surface area contributed by atoms with Crippen LogP contribution < -0.4 is 5.32 Å². The Morgan fingerprint density at radius 3 is 2.95 bits per heavy atom. The van der Waals surface area contributed by atoms with Gasteiger partial charge in [0.05, 0.1) is 12.2 Å². The minimum absolute atomic E-state index is 0.0572. The average Bonchev–Trinajstić information content (AvgIpc) is 3.07. The SMILES string of the molecule is Cc1cc(CNc2nc(Cl)nc(-n3cncn3)n2)on1. The first kappa shape index (κ1) is 12.5. The molecule has 0 saturated heterocycles. The highest BCUT2D eigenvalue weighted by Gasteiger charge is 2.08. The average molecular weight is 293 g/mol. The van der Waals surface area contributed by atoms with Crippen molar-refractivity contribution in [3.63, 3.8) is 0 Å². The van der Waals surface area contributed by atoms with E-state index in [-0.39, 0.29) is 11.2 Å². The largest absolute Gasteiger partial charge is 0.359 e. The van der Waals surface area contributed by atoms with Gasteiger partial charge in [0.2, 0.25) is 11.2 Å². The van der Waals surface area contributed by atoms with Crippen LogP contribution in [0.2, 0.25) is 5.28 Å². The van der Waals surface area contributed by atoms with Crippen LogP contribution in [0.5, 0.6) is 0 Å². The number of hydrogen-bond acceptors (Lipinski definition) is 8. The minimum atomic E-state index is 0.0572. The highest BCUT2D eigenvalue weighted by Crippen LogP contribution is 2.10. The van der Waals surface area contributed by atoms with E-state index in [1.807, 2.05) is 13.0 Å². The van der Waals surface area contributed by atoms with Gasteiger partial charge in [0, 0.05) is 6.07 Å². The lowest BCUT2D eigenvalue weighted by Crippen LogP contribution is -2.09. The molecule has 9 nitrogen and oxygen atoms in total. The molecular weight excluding hydrogens is 284 g/mol. The van der Waals surface area contributed by atoms with Crippen molar-refractivity contribution in [3.8, 4) is 5.95 Å². The quantitative estimate of drug-likeness (QED) is 0.759. The van der Waals surface area contributed by atoms with E-state index in [2.05, 4.69) is 35.5 Å². The second kappa shape index (κ2) is 5.21. The van der Waals surface area contributed by atoms with E-state index in [1.165, 1.54) is 17.3 Å². The van der Waals surface area contributed by atoms with Crippen molar-refractivity contribution in [1.82, 2.24) is 34.9 Å². The standard InChI is InChI=1S/C10H9ClN8O/c1-6-2-7(20-18-6)3-13-9-15-8(11)16-10(17-9)19-5-12-4-14-19/h2,4-5H,3H2,1H3,(H,13,15,16,17). The normalized spacial score (nSPS) is 10.7. The summed E-state index contributed by atoms with van der Waals surface area (Å²) in [5.41, 5.74) is 0.804. The lowest BCUT2D eigenvalue weighted by molar-refractivity contribution is 0.384. The highest BCUT2D eigenvalue weighted by atomic mass is 35.5. The molecule has 0 radical (unpaired) electrons. The zero-order valence-electron chi connectivity index (χ0n) is 10.4. The molecule has 0 aliphatic rings. The summed E-state index contributed by atoms with van der Waals surface area (Å²) < 4.78 is 6.46. The summed E-state index contributed by atoms with van der Waals surface area (Å²) in [7, 11) is 0. The number of nitrogens with one attached hydrogen (secondary N) is 1. The van der Waals surface area contributed by atoms with Gasteiger partial charge >= 0.3 is 0 Å². The number of hydrogen-bond donors (Lipinski definition) is 1. The molecule has 0 amide bonds. The molecule has 3 rings (SSSR count). The molecule has 0 aliphatic carbocycles. The molecule has 20 heavy (non-hydrogen) atoms. The van der Waals surface area contributed by atoms with Crippen LogP contribution in [0.25, 0.3) is 5.95 Å². The third kappa shape index (κ3) is 2.72. The molecule has 0 unspecified atom stereocenters. The predicted octanol–water partition coefficient (Wildman–Crippen LogP) is 1.01. The van der Waals surface area contributed by atoms with Gasteiger partial charge in [-0.15, -0.1) is 0 Å². The van der Waals surface area contributed by atoms with Gasteiger partial charge in [0.25, 0.3) is 5.95 Å². The summed E-state index contributed by atoms with van der Waals surface area (Å²) >= 11 is 5.85. The number of halogens is 1. The van der Waals surface area contributed by atoms with Crippen molar-refractivity contribution in [1.29, 1.82) is 0 Å². The van der Waals surface area contributed by atoms with Crippen LogP contribution in [0.15, 0.2) is 23.2 Å². The Morgan fingerprint density at radius 2 is 2.25 bits per heavy atom. The number of aryl methyl sites for hydroxylation is 1. The molecule has 102 valence electrons. The van der Waals surface area contributed by atoms with Crippen LogP contribution in [0.4, 0.5) is 5.95 Å². The molecule has 0 aliphatic heterocycles. The molecule has 3 aromatic heterocycles. The lowest BCUT2D eigenvalue weighted by Gasteiger charge is -2.04. The molecule has 0 saturated carbocycles. The Bertz CT molecular complexity index is 710. The summed E-state index contributed by atoms with van der Waals surface area (Å²) in [5, 5.41) is 10.7. The van der Waals surface area contributed by atoms with Crippen LogP contribution >= 0.6 is 11.6 Å². The summed E-state index contributed by atoms with van der Waals surface area (Å²) in [6, 6.07) is 1.81. The number of aromatic nitrogens is 7. The van der Waals surface area contributed by atoms with Crippen LogP contribution in [-0.2, 0) is 6.54 Å². The van der Waals surface area contributed by atoms with E-state index in [4.69, 9.17) is 16.1 Å². The maximum absolute atomic E-state index is 5.85. The van der Waals surface area contributed by atoms with Crippen molar-refractivity contribution in [3.05, 3.63) is 35.5 Å². The summed E-state index contributed by atoms with van der Waals surface area (Å²) in [6.07, 6.45) is 2.84. The van der Waals surface area contributed by atoms with E-state index in [0.29, 0.717) is 18.3 Å². The lowest BCUT2D eigenvalue weighted by atomic mass is 10.4. The molecule has 1 N–H and O–H groups in total. The number of rotatable bonds is 4. The van der Waals surface area contributed by atoms with E-state index < -0.39 is 0 Å². The predicted molar refractivity (Wildman–Crippen MR) is 68.3 cm³/mol. The minimum Gasteiger partial charge on any atom is -0.359 e. The molecule has 10 heteroatoms. The second-order valence-corrected chi connectivity index (χ2v) is 4.19. The Kier molecular flexibility index (Phi) is 3.25. The third-order valence-corrected chi connectivity index (χ3v) is 2.49. The van der Waals surface area contributed by atoms with Gasteiger partial charge in [-0.05, 0) is 18.5 Å². The maximum Gasteiger partial charge on any atom is 0.258 e. The highest BCUT2D eigenvalue weighted by molar-refractivity contribution is 6.28. The topological polar surface area (TPSA) is 107 Å². The van der Waals surface area contributed by atoms with E-state index >= 15 is 0 Å². The van der Waals surface area contributed by atoms with Gasteiger partial charge in [0.1, 0.15) is 12.7 Å². The van der Waals surface area contributed by atoms with Gasteiger partial charge in [-0.2, -0.15) is 24.7 Å². The smallest absolute Gasteiger partial charge is 0.258 e. The van der Waals surface area contributed by atoms with E-state index in [0.717, 1.165) is 5.69 Å². The Hall–Kier alpha value is -2.55.